The van der Waals surface area contributed by atoms with Gasteiger partial charge in [0, 0.05) is 17.7 Å². The number of likely N-dealkylation sites (tertiary alicyclic amines) is 1. The Kier molecular flexibility index (Phi) is 6.08. The first kappa shape index (κ1) is 19.3. The van der Waals surface area contributed by atoms with Gasteiger partial charge in [0.2, 0.25) is 5.91 Å². The summed E-state index contributed by atoms with van der Waals surface area (Å²) in [6, 6.07) is 11.3. The average molecular weight is 385 g/mol. The molecule has 142 valence electrons. The molecule has 0 aliphatic carbocycles. The molecule has 6 heteroatoms. The summed E-state index contributed by atoms with van der Waals surface area (Å²) in [5.41, 5.74) is 2.24. The maximum absolute atomic E-state index is 12.2. The number of carboxylic acid groups (broad SMARTS) is 1. The van der Waals surface area contributed by atoms with Gasteiger partial charge in [-0.05, 0) is 31.0 Å². The lowest BCUT2D eigenvalue weighted by molar-refractivity contribution is -0.128. The summed E-state index contributed by atoms with van der Waals surface area (Å²) in [6.07, 6.45) is 4.77. The van der Waals surface area contributed by atoms with E-state index in [1.807, 2.05) is 31.2 Å². The molecule has 27 heavy (non-hydrogen) atoms. The van der Waals surface area contributed by atoms with Crippen molar-refractivity contribution in [3.05, 3.63) is 69.4 Å². The minimum atomic E-state index is -0.949. The van der Waals surface area contributed by atoms with Gasteiger partial charge in [-0.25, -0.2) is 4.79 Å². The largest absolute Gasteiger partial charge is 0.477 e. The highest BCUT2D eigenvalue weighted by atomic mass is 32.1. The molecule has 1 aliphatic rings. The van der Waals surface area contributed by atoms with Gasteiger partial charge in [0.15, 0.2) is 0 Å². The zero-order chi connectivity index (χ0) is 19.4. The highest BCUT2D eigenvalue weighted by molar-refractivity contribution is 7.13. The number of thiophene rings is 1. The number of benzene rings is 1. The summed E-state index contributed by atoms with van der Waals surface area (Å²) >= 11 is 1.19. The Morgan fingerprint density at radius 2 is 2.19 bits per heavy atom. The molecule has 0 radical (unpaired) electrons. The van der Waals surface area contributed by atoms with Crippen LogP contribution in [0.4, 0.5) is 0 Å². The smallest absolute Gasteiger partial charge is 0.345 e. The number of nitrogens with zero attached hydrogens (tertiary/aromatic N) is 1. The van der Waals surface area contributed by atoms with Gasteiger partial charge in [-0.2, -0.15) is 0 Å². The zero-order valence-electron chi connectivity index (χ0n) is 15.2. The van der Waals surface area contributed by atoms with Gasteiger partial charge in [-0.3, -0.25) is 4.79 Å². The Hall–Kier alpha value is -2.44. The molecule has 3 rings (SSSR count). The topological polar surface area (TPSA) is 77.8 Å². The van der Waals surface area contributed by atoms with Crippen LogP contribution in [0.15, 0.2) is 48.6 Å². The number of aromatic carboxylic acids is 1. The van der Waals surface area contributed by atoms with Crippen molar-refractivity contribution < 1.29 is 19.8 Å². The molecule has 1 saturated heterocycles. The van der Waals surface area contributed by atoms with Crippen molar-refractivity contribution >= 4 is 23.2 Å². The van der Waals surface area contributed by atoms with Gasteiger partial charge in [-0.1, -0.05) is 42.0 Å². The van der Waals surface area contributed by atoms with Crippen LogP contribution in [0.5, 0.6) is 0 Å². The number of hydrogen-bond acceptors (Lipinski definition) is 4. The van der Waals surface area contributed by atoms with E-state index in [0.717, 1.165) is 16.0 Å². The molecular formula is C21H23NO4S. The van der Waals surface area contributed by atoms with Gasteiger partial charge in [0.25, 0.3) is 0 Å². The third-order valence-electron chi connectivity index (χ3n) is 4.66. The van der Waals surface area contributed by atoms with Gasteiger partial charge in [0.1, 0.15) is 4.88 Å². The van der Waals surface area contributed by atoms with Crippen LogP contribution in [0, 0.1) is 6.92 Å². The monoisotopic (exact) mass is 385 g/mol. The number of aryl methyl sites for hydroxylation is 1. The number of hydrogen-bond donors (Lipinski definition) is 2. The molecule has 2 heterocycles. The van der Waals surface area contributed by atoms with E-state index in [9.17, 15) is 14.7 Å². The average Bonchev–Trinajstić information content (AvgIpc) is 3.22. The van der Waals surface area contributed by atoms with Gasteiger partial charge < -0.3 is 15.1 Å². The maximum atomic E-state index is 12.2. The van der Waals surface area contributed by atoms with Crippen molar-refractivity contribution in [2.24, 2.45) is 0 Å². The second-order valence-corrected chi connectivity index (χ2v) is 8.01. The van der Waals surface area contributed by atoms with Crippen molar-refractivity contribution in [2.45, 2.75) is 44.9 Å². The van der Waals surface area contributed by atoms with Crippen LogP contribution in [0.3, 0.4) is 0 Å². The van der Waals surface area contributed by atoms with E-state index in [4.69, 9.17) is 5.11 Å². The van der Waals surface area contributed by atoms with Crippen LogP contribution in [0.1, 0.15) is 38.5 Å². The molecule has 2 aromatic rings. The van der Waals surface area contributed by atoms with Crippen molar-refractivity contribution in [3.8, 4) is 0 Å². The predicted octanol–water partition coefficient (Wildman–Crippen LogP) is 3.41. The third kappa shape index (κ3) is 5.05. The number of rotatable bonds is 7. The minimum absolute atomic E-state index is 0.0584. The molecule has 1 aliphatic heterocycles. The fourth-order valence-corrected chi connectivity index (χ4v) is 4.16. The number of amides is 1. The summed E-state index contributed by atoms with van der Waals surface area (Å²) in [5, 5.41) is 19.3. The number of aliphatic hydroxyl groups is 1. The van der Waals surface area contributed by atoms with Crippen molar-refractivity contribution in [1.29, 1.82) is 0 Å². The van der Waals surface area contributed by atoms with E-state index in [1.165, 1.54) is 11.3 Å². The number of carbonyl (C=O) groups excluding carboxylic acids is 1. The van der Waals surface area contributed by atoms with E-state index in [1.54, 1.807) is 23.1 Å². The molecule has 0 spiro atoms. The minimum Gasteiger partial charge on any atom is -0.477 e. The van der Waals surface area contributed by atoms with Crippen molar-refractivity contribution in [2.75, 3.05) is 0 Å². The summed E-state index contributed by atoms with van der Waals surface area (Å²) in [4.78, 5) is 26.1. The first-order valence-corrected chi connectivity index (χ1v) is 9.77. The molecule has 2 N–H and O–H groups in total. The van der Waals surface area contributed by atoms with E-state index in [2.05, 4.69) is 6.07 Å². The van der Waals surface area contributed by atoms with Gasteiger partial charge in [-0.15, -0.1) is 11.3 Å². The summed E-state index contributed by atoms with van der Waals surface area (Å²) in [6.45, 7) is 2.42. The molecule has 0 saturated carbocycles. The van der Waals surface area contributed by atoms with Crippen molar-refractivity contribution in [1.82, 2.24) is 4.90 Å². The Labute approximate surface area is 162 Å². The Balaban J connectivity index is 1.62. The summed E-state index contributed by atoms with van der Waals surface area (Å²) in [5.74, 6) is -0.891. The van der Waals surface area contributed by atoms with Crippen molar-refractivity contribution in [3.63, 3.8) is 0 Å². The van der Waals surface area contributed by atoms with E-state index < -0.39 is 12.1 Å². The van der Waals surface area contributed by atoms with E-state index >= 15 is 0 Å². The fourth-order valence-electron chi connectivity index (χ4n) is 3.31. The highest BCUT2D eigenvalue weighted by Gasteiger charge is 2.29. The van der Waals surface area contributed by atoms with E-state index in [0.29, 0.717) is 25.8 Å². The Bertz CT molecular complexity index is 857. The zero-order valence-corrected chi connectivity index (χ0v) is 16.0. The van der Waals surface area contributed by atoms with Crippen LogP contribution < -0.4 is 0 Å². The second-order valence-electron chi connectivity index (χ2n) is 6.84. The van der Waals surface area contributed by atoms with E-state index in [-0.39, 0.29) is 16.8 Å². The molecule has 1 amide bonds. The van der Waals surface area contributed by atoms with Crippen LogP contribution >= 0.6 is 11.3 Å². The highest BCUT2D eigenvalue weighted by Crippen LogP contribution is 2.26. The van der Waals surface area contributed by atoms with Crippen LogP contribution in [0.25, 0.3) is 0 Å². The summed E-state index contributed by atoms with van der Waals surface area (Å²) in [7, 11) is 0. The maximum Gasteiger partial charge on any atom is 0.345 e. The molecule has 0 unspecified atom stereocenters. The Morgan fingerprint density at radius 3 is 2.89 bits per heavy atom. The predicted molar refractivity (Wildman–Crippen MR) is 105 cm³/mol. The number of aliphatic hydroxyl groups excluding tert-OH is 1. The van der Waals surface area contributed by atoms with Crippen LogP contribution in [0.2, 0.25) is 0 Å². The third-order valence-corrected chi connectivity index (χ3v) is 5.71. The lowest BCUT2D eigenvalue weighted by Gasteiger charge is -2.22. The second kappa shape index (κ2) is 8.50. The number of carboxylic acids is 1. The molecular weight excluding hydrogens is 362 g/mol. The van der Waals surface area contributed by atoms with Gasteiger partial charge >= 0.3 is 5.97 Å². The number of carbonyl (C=O) groups is 2. The lowest BCUT2D eigenvalue weighted by Crippen LogP contribution is -2.31. The standard InChI is InChI=1S/C21H23NO4S/c1-14-3-2-4-15(11-14)12-17(23)7-5-16-6-10-20(24)22(16)13-18-8-9-19(27-18)21(25)26/h2-5,7-9,11,16-17,23H,6,10,12-13H2,1H3,(H,25,26)/b7-5+/t16-,17+/m0/s1. The quantitative estimate of drug-likeness (QED) is 0.716. The Morgan fingerprint density at radius 1 is 1.37 bits per heavy atom. The normalized spacial score (nSPS) is 18.4. The molecule has 1 aromatic carbocycles. The molecule has 0 bridgehead atoms. The molecule has 1 aromatic heterocycles. The molecule has 2 atom stereocenters. The fraction of sp³-hybridized carbons (Fsp3) is 0.333. The van der Waals surface area contributed by atoms with Crippen LogP contribution in [-0.4, -0.2) is 39.1 Å². The van der Waals surface area contributed by atoms with Crippen LogP contribution in [-0.2, 0) is 17.8 Å². The lowest BCUT2D eigenvalue weighted by atomic mass is 10.0. The first-order valence-electron chi connectivity index (χ1n) is 8.96. The van der Waals surface area contributed by atoms with Gasteiger partial charge in [0.05, 0.1) is 18.7 Å². The first-order chi connectivity index (χ1) is 12.9. The molecule has 1 fully saturated rings. The molecule has 5 nitrogen and oxygen atoms in total. The SMILES string of the molecule is Cc1cccc(C[C@H](O)/C=C/[C@H]2CCC(=O)N2Cc2ccc(C(=O)O)s2)c1. The summed E-state index contributed by atoms with van der Waals surface area (Å²) < 4.78 is 0.